The van der Waals surface area contributed by atoms with Crippen LogP contribution in [0.3, 0.4) is 0 Å². The van der Waals surface area contributed by atoms with Gasteiger partial charge in [-0.05, 0) is 29.8 Å². The number of aliphatic hydroxyl groups is 1. The number of fused-ring (bicyclic) bond motifs is 1. The molecule has 158 valence electrons. The molecule has 1 aliphatic heterocycles. The molecule has 1 aliphatic rings. The number of hydrogen-bond acceptors (Lipinski definition) is 6. The Labute approximate surface area is 177 Å². The second-order valence-corrected chi connectivity index (χ2v) is 6.96. The quantitative estimate of drug-likeness (QED) is 0.350. The number of carbonyl (C=O) groups excluding carboxylic acids is 3. The summed E-state index contributed by atoms with van der Waals surface area (Å²) in [7, 11) is 0. The number of nitrogens with two attached hydrogens (primary N) is 1. The maximum atomic E-state index is 13.3. The Morgan fingerprint density at radius 3 is 2.67 bits per heavy atom. The van der Waals surface area contributed by atoms with Gasteiger partial charge in [0, 0.05) is 12.2 Å². The molecule has 10 heteroatoms. The highest BCUT2D eigenvalue weighted by molar-refractivity contribution is 6.34. The van der Waals surface area contributed by atoms with Crippen LogP contribution in [0.15, 0.2) is 42.5 Å². The Morgan fingerprint density at radius 1 is 1.20 bits per heavy atom. The summed E-state index contributed by atoms with van der Waals surface area (Å²) < 4.78 is 5.30. The molecule has 1 heterocycles. The first-order valence-corrected chi connectivity index (χ1v) is 9.52. The zero-order valence-corrected chi connectivity index (χ0v) is 16.8. The van der Waals surface area contributed by atoms with Crippen LogP contribution >= 0.6 is 11.6 Å². The predicted molar refractivity (Wildman–Crippen MR) is 110 cm³/mol. The molecule has 30 heavy (non-hydrogen) atoms. The lowest BCUT2D eigenvalue weighted by Gasteiger charge is -2.23. The number of anilines is 1. The molecule has 0 unspecified atom stereocenters. The van der Waals surface area contributed by atoms with E-state index in [1.807, 2.05) is 5.43 Å². The third-order valence-electron chi connectivity index (χ3n) is 4.56. The molecule has 0 aliphatic carbocycles. The van der Waals surface area contributed by atoms with Gasteiger partial charge in [-0.2, -0.15) is 0 Å². The van der Waals surface area contributed by atoms with Crippen LogP contribution in [-0.2, 0) is 16.1 Å². The first kappa shape index (κ1) is 21.6. The Kier molecular flexibility index (Phi) is 6.88. The van der Waals surface area contributed by atoms with Crippen molar-refractivity contribution in [2.45, 2.75) is 6.54 Å². The van der Waals surface area contributed by atoms with Gasteiger partial charge < -0.3 is 14.7 Å². The second kappa shape index (κ2) is 9.57. The Morgan fingerprint density at radius 2 is 1.97 bits per heavy atom. The molecule has 0 atom stereocenters. The first-order chi connectivity index (χ1) is 14.4. The highest BCUT2D eigenvalue weighted by Crippen LogP contribution is 2.30. The van der Waals surface area contributed by atoms with E-state index in [0.29, 0.717) is 17.0 Å². The number of rotatable bonds is 6. The van der Waals surface area contributed by atoms with Gasteiger partial charge in [0.2, 0.25) is 5.91 Å². The van der Waals surface area contributed by atoms with Gasteiger partial charge in [0.1, 0.15) is 25.4 Å². The molecule has 0 saturated carbocycles. The third kappa shape index (κ3) is 4.70. The normalized spacial score (nSPS) is 13.5. The van der Waals surface area contributed by atoms with Crippen molar-refractivity contribution in [3.63, 3.8) is 0 Å². The maximum absolute atomic E-state index is 13.3. The van der Waals surface area contributed by atoms with Crippen LogP contribution in [0, 0.1) is 0 Å². The molecule has 3 amide bonds. The molecule has 0 bridgehead atoms. The highest BCUT2D eigenvalue weighted by Gasteiger charge is 2.31. The first-order valence-electron chi connectivity index (χ1n) is 9.14. The lowest BCUT2D eigenvalue weighted by Crippen LogP contribution is -2.45. The predicted octanol–water partition coefficient (Wildman–Crippen LogP) is 0.690. The number of aliphatic hydroxyl groups excluding tert-OH is 1. The minimum Gasteiger partial charge on any atom is -0.491 e. The average Bonchev–Trinajstić information content (AvgIpc) is 2.88. The summed E-state index contributed by atoms with van der Waals surface area (Å²) in [4.78, 5) is 40.4. The lowest BCUT2D eigenvalue weighted by molar-refractivity contribution is -0.135. The fourth-order valence-electron chi connectivity index (χ4n) is 3.13. The van der Waals surface area contributed by atoms with Crippen LogP contribution in [0.1, 0.15) is 15.9 Å². The number of benzene rings is 2. The molecule has 2 aromatic rings. The highest BCUT2D eigenvalue weighted by atomic mass is 35.5. The molecule has 0 saturated heterocycles. The number of hydrazine groups is 1. The molecule has 0 radical (unpaired) electrons. The van der Waals surface area contributed by atoms with Crippen molar-refractivity contribution < 1.29 is 24.2 Å². The number of nitrogens with zero attached hydrogens (tertiary/aromatic N) is 2. The van der Waals surface area contributed by atoms with Gasteiger partial charge in [0.15, 0.2) is 0 Å². The summed E-state index contributed by atoms with van der Waals surface area (Å²) in [5.74, 6) is 4.18. The van der Waals surface area contributed by atoms with Gasteiger partial charge in [0.05, 0.1) is 17.2 Å². The molecule has 2 aromatic carbocycles. The zero-order chi connectivity index (χ0) is 21.7. The fourth-order valence-corrected chi connectivity index (χ4v) is 3.39. The number of nitrogens with one attached hydrogen (secondary N) is 1. The molecular formula is C20H21ClN4O5. The fraction of sp³-hybridized carbons (Fsp3) is 0.250. The second-order valence-electron chi connectivity index (χ2n) is 6.55. The molecule has 3 rings (SSSR count). The molecule has 9 nitrogen and oxygen atoms in total. The zero-order valence-electron chi connectivity index (χ0n) is 16.0. The summed E-state index contributed by atoms with van der Waals surface area (Å²) in [5.41, 5.74) is 3.47. The van der Waals surface area contributed by atoms with Crippen molar-refractivity contribution in [3.05, 3.63) is 58.6 Å². The van der Waals surface area contributed by atoms with Gasteiger partial charge in [-0.15, -0.1) is 0 Å². The van der Waals surface area contributed by atoms with E-state index in [9.17, 15) is 14.4 Å². The van der Waals surface area contributed by atoms with E-state index in [2.05, 4.69) is 0 Å². The monoisotopic (exact) mass is 432 g/mol. The summed E-state index contributed by atoms with van der Waals surface area (Å²) in [6, 6.07) is 11.6. The van der Waals surface area contributed by atoms with Crippen molar-refractivity contribution in [2.24, 2.45) is 5.84 Å². The lowest BCUT2D eigenvalue weighted by atomic mass is 10.1. The van der Waals surface area contributed by atoms with Crippen LogP contribution in [0.5, 0.6) is 5.75 Å². The SMILES string of the molecule is NNC(=O)CN1Cc2ccccc2N(C(=O)c2ccc(OCCO)cc2Cl)CC1=O. The minimum absolute atomic E-state index is 0.101. The van der Waals surface area contributed by atoms with E-state index in [-0.39, 0.29) is 43.4 Å². The van der Waals surface area contributed by atoms with Crippen LogP contribution in [0.25, 0.3) is 0 Å². The average molecular weight is 433 g/mol. The maximum Gasteiger partial charge on any atom is 0.260 e. The molecule has 0 spiro atoms. The standard InChI is InChI=1S/C20H21ClN4O5/c21-16-9-14(30-8-7-26)5-6-15(16)20(29)25-12-19(28)24(11-18(27)23-22)10-13-3-1-2-4-17(13)25/h1-6,9,26H,7-8,10-12,22H2,(H,23,27). The van der Waals surface area contributed by atoms with Crippen LogP contribution in [0.2, 0.25) is 5.02 Å². The van der Waals surface area contributed by atoms with Crippen LogP contribution < -0.4 is 20.9 Å². The van der Waals surface area contributed by atoms with E-state index >= 15 is 0 Å². The number of halogens is 1. The van der Waals surface area contributed by atoms with Gasteiger partial charge >= 0.3 is 0 Å². The summed E-state index contributed by atoms with van der Waals surface area (Å²) in [5, 5.41) is 9.02. The topological polar surface area (TPSA) is 125 Å². The third-order valence-corrected chi connectivity index (χ3v) is 4.87. The minimum atomic E-state index is -0.512. The van der Waals surface area contributed by atoms with E-state index in [4.69, 9.17) is 27.3 Å². The Bertz CT molecular complexity index is 968. The van der Waals surface area contributed by atoms with Crippen molar-refractivity contribution in [2.75, 3.05) is 31.2 Å². The van der Waals surface area contributed by atoms with E-state index in [0.717, 1.165) is 0 Å². The number of amides is 3. The van der Waals surface area contributed by atoms with Crippen LogP contribution in [-0.4, -0.2) is 54.0 Å². The Balaban J connectivity index is 1.92. The molecule has 4 N–H and O–H groups in total. The Hall–Kier alpha value is -3.14. The number of hydrogen-bond donors (Lipinski definition) is 3. The van der Waals surface area contributed by atoms with E-state index < -0.39 is 17.7 Å². The number of carbonyl (C=O) groups is 3. The summed E-state index contributed by atoms with van der Waals surface area (Å²) in [6.07, 6.45) is 0. The van der Waals surface area contributed by atoms with Crippen molar-refractivity contribution in [3.8, 4) is 5.75 Å². The van der Waals surface area contributed by atoms with Crippen molar-refractivity contribution >= 4 is 35.0 Å². The summed E-state index contributed by atoms with van der Waals surface area (Å²) >= 11 is 6.29. The molecule has 0 fully saturated rings. The van der Waals surface area contributed by atoms with E-state index in [1.54, 1.807) is 30.3 Å². The van der Waals surface area contributed by atoms with Gasteiger partial charge in [-0.3, -0.25) is 24.7 Å². The van der Waals surface area contributed by atoms with Crippen molar-refractivity contribution in [1.29, 1.82) is 0 Å². The van der Waals surface area contributed by atoms with Gasteiger partial charge in [-0.25, -0.2) is 5.84 Å². The smallest absolute Gasteiger partial charge is 0.260 e. The van der Waals surface area contributed by atoms with Gasteiger partial charge in [-0.1, -0.05) is 29.8 Å². The number of para-hydroxylation sites is 1. The number of ether oxygens (including phenoxy) is 1. The van der Waals surface area contributed by atoms with Gasteiger partial charge in [0.25, 0.3) is 11.8 Å². The molecule has 0 aromatic heterocycles. The molecular weight excluding hydrogens is 412 g/mol. The summed E-state index contributed by atoms with van der Waals surface area (Å²) in [6.45, 7) is -0.364. The van der Waals surface area contributed by atoms with Crippen molar-refractivity contribution in [1.82, 2.24) is 10.3 Å². The van der Waals surface area contributed by atoms with Crippen LogP contribution in [0.4, 0.5) is 5.69 Å². The largest absolute Gasteiger partial charge is 0.491 e. The van der Waals surface area contributed by atoms with E-state index in [1.165, 1.54) is 21.9 Å².